The molecule has 0 bridgehead atoms. The summed E-state index contributed by atoms with van der Waals surface area (Å²) >= 11 is 1.39. The van der Waals surface area contributed by atoms with Gasteiger partial charge in [-0.25, -0.2) is 4.98 Å². The average molecular weight is 476 g/mol. The number of nitrogens with two attached hydrogens (primary N) is 1. The van der Waals surface area contributed by atoms with Crippen LogP contribution >= 0.6 is 11.3 Å². The molecule has 0 aliphatic carbocycles. The predicted octanol–water partition coefficient (Wildman–Crippen LogP) is 6.56. The monoisotopic (exact) mass is 475 g/mol. The van der Waals surface area contributed by atoms with Gasteiger partial charge in [0.05, 0.1) is 5.69 Å². The molecule has 2 aromatic heterocycles. The van der Waals surface area contributed by atoms with Gasteiger partial charge in [0, 0.05) is 40.8 Å². The van der Waals surface area contributed by atoms with Crippen molar-refractivity contribution in [2.45, 2.75) is 46.0 Å². The molecule has 1 atom stereocenters. The number of pyridine rings is 1. The normalized spacial score (nSPS) is 11.6. The molecule has 7 heteroatoms. The van der Waals surface area contributed by atoms with Gasteiger partial charge < -0.3 is 10.6 Å². The van der Waals surface area contributed by atoms with E-state index in [1.807, 2.05) is 48.7 Å². The molecule has 6 nitrogen and oxygen atoms in total. The summed E-state index contributed by atoms with van der Waals surface area (Å²) < 4.78 is 0. The number of hydrogen-bond acceptors (Lipinski definition) is 6. The van der Waals surface area contributed by atoms with E-state index in [2.05, 4.69) is 47.2 Å². The Hall–Kier alpha value is -3.45. The molecule has 3 N–H and O–H groups in total. The summed E-state index contributed by atoms with van der Waals surface area (Å²) in [4.78, 5) is 24.1. The first kappa shape index (κ1) is 25.2. The molecule has 34 heavy (non-hydrogen) atoms. The molecule has 1 aromatic carbocycles. The molecular weight excluding hydrogens is 442 g/mol. The Labute approximate surface area is 206 Å². The standard InChI is InChI=1S/C27H33N5OS/c1-6-19(4)22-16-21(12-13-25(22)32(18(2)3)15-9-10-20(5)28)26(33)31-27-30-24(17-34-27)23-11-7-8-14-29-23/h7-8,11-14,16-17,19H,2,5-6,9-10,15,28H2,1,3-4H3,(H,30,31,33). The Balaban J connectivity index is 1.83. The molecule has 1 amide bonds. The highest BCUT2D eigenvalue weighted by atomic mass is 32.1. The molecule has 0 aliphatic heterocycles. The molecule has 0 spiro atoms. The molecule has 3 aromatic rings. The van der Waals surface area contributed by atoms with Gasteiger partial charge in [-0.2, -0.15) is 0 Å². The number of nitrogens with one attached hydrogen (secondary N) is 1. The van der Waals surface area contributed by atoms with Crippen molar-refractivity contribution < 1.29 is 4.79 Å². The van der Waals surface area contributed by atoms with Crippen molar-refractivity contribution in [1.82, 2.24) is 9.97 Å². The van der Waals surface area contributed by atoms with Crippen LogP contribution in [0.5, 0.6) is 0 Å². The molecule has 1 unspecified atom stereocenters. The third-order valence-electron chi connectivity index (χ3n) is 5.72. The number of thiazole rings is 1. The van der Waals surface area contributed by atoms with Crippen LogP contribution in [-0.4, -0.2) is 22.4 Å². The number of amides is 1. The van der Waals surface area contributed by atoms with Crippen LogP contribution < -0.4 is 16.0 Å². The van der Waals surface area contributed by atoms with E-state index in [0.29, 0.717) is 16.4 Å². The molecule has 3 rings (SSSR count). The number of rotatable bonds is 11. The lowest BCUT2D eigenvalue weighted by atomic mass is 9.93. The quantitative estimate of drug-likeness (QED) is 0.328. The zero-order chi connectivity index (χ0) is 24.7. The van der Waals surface area contributed by atoms with E-state index in [4.69, 9.17) is 5.73 Å². The highest BCUT2D eigenvalue weighted by Gasteiger charge is 2.19. The summed E-state index contributed by atoms with van der Waals surface area (Å²) in [6.45, 7) is 15.1. The lowest BCUT2D eigenvalue weighted by Crippen LogP contribution is -2.24. The maximum Gasteiger partial charge on any atom is 0.257 e. The van der Waals surface area contributed by atoms with E-state index < -0.39 is 0 Å². The molecule has 2 heterocycles. The Bertz CT molecular complexity index is 1150. The van der Waals surface area contributed by atoms with Gasteiger partial charge in [0.1, 0.15) is 5.69 Å². The van der Waals surface area contributed by atoms with Crippen LogP contribution in [0.25, 0.3) is 11.4 Å². The molecular formula is C27H33N5OS. The van der Waals surface area contributed by atoms with Gasteiger partial charge in [-0.15, -0.1) is 11.3 Å². The number of anilines is 2. The molecule has 0 radical (unpaired) electrons. The smallest absolute Gasteiger partial charge is 0.257 e. The average Bonchev–Trinajstić information content (AvgIpc) is 3.29. The van der Waals surface area contributed by atoms with Crippen molar-refractivity contribution in [3.63, 3.8) is 0 Å². The SMILES string of the molecule is C=C(N)CCCN(C(=C)C)c1ccc(C(=O)Nc2nc(-c3ccccn3)cs2)cc1C(C)CC. The van der Waals surface area contributed by atoms with Gasteiger partial charge in [0.25, 0.3) is 5.91 Å². The van der Waals surface area contributed by atoms with Crippen molar-refractivity contribution in [3.05, 3.63) is 83.7 Å². The van der Waals surface area contributed by atoms with Crippen molar-refractivity contribution in [2.24, 2.45) is 5.73 Å². The summed E-state index contributed by atoms with van der Waals surface area (Å²) in [6, 6.07) is 11.5. The maximum absolute atomic E-state index is 13.1. The molecule has 178 valence electrons. The fourth-order valence-corrected chi connectivity index (χ4v) is 4.37. The second-order valence-electron chi connectivity index (χ2n) is 8.44. The predicted molar refractivity (Wildman–Crippen MR) is 143 cm³/mol. The molecule has 0 fully saturated rings. The number of carbonyl (C=O) groups excluding carboxylic acids is 1. The minimum Gasteiger partial charge on any atom is -0.403 e. The van der Waals surface area contributed by atoms with E-state index in [1.165, 1.54) is 11.3 Å². The van der Waals surface area contributed by atoms with Gasteiger partial charge in [-0.3, -0.25) is 15.1 Å². The fraction of sp³-hybridized carbons (Fsp3) is 0.296. The minimum atomic E-state index is -0.181. The van der Waals surface area contributed by atoms with Crippen molar-refractivity contribution >= 4 is 28.1 Å². The molecule has 0 aliphatic rings. The van der Waals surface area contributed by atoms with Crippen LogP contribution in [0.15, 0.2) is 72.5 Å². The number of aromatic nitrogens is 2. The maximum atomic E-state index is 13.1. The van der Waals surface area contributed by atoms with E-state index in [1.54, 1.807) is 6.20 Å². The van der Waals surface area contributed by atoms with Crippen molar-refractivity contribution in [1.29, 1.82) is 0 Å². The molecule has 0 saturated carbocycles. The third kappa shape index (κ3) is 6.32. The first-order valence-corrected chi connectivity index (χ1v) is 12.4. The Morgan fingerprint density at radius 1 is 1.24 bits per heavy atom. The summed E-state index contributed by atoms with van der Waals surface area (Å²) in [5, 5.41) is 5.38. The van der Waals surface area contributed by atoms with Gasteiger partial charge in [0.15, 0.2) is 5.13 Å². The van der Waals surface area contributed by atoms with Gasteiger partial charge in [-0.05, 0) is 68.0 Å². The van der Waals surface area contributed by atoms with Crippen LogP contribution in [0.4, 0.5) is 10.8 Å². The molecule has 0 saturated heterocycles. The Morgan fingerprint density at radius 3 is 2.68 bits per heavy atom. The number of hydrogen-bond donors (Lipinski definition) is 2. The van der Waals surface area contributed by atoms with Crippen LogP contribution in [0.3, 0.4) is 0 Å². The first-order chi connectivity index (χ1) is 16.3. The van der Waals surface area contributed by atoms with E-state index in [-0.39, 0.29) is 11.8 Å². The van der Waals surface area contributed by atoms with Gasteiger partial charge in [-0.1, -0.05) is 33.1 Å². The van der Waals surface area contributed by atoms with E-state index in [9.17, 15) is 4.79 Å². The van der Waals surface area contributed by atoms with Gasteiger partial charge >= 0.3 is 0 Å². The van der Waals surface area contributed by atoms with Crippen molar-refractivity contribution in [3.8, 4) is 11.4 Å². The van der Waals surface area contributed by atoms with Crippen LogP contribution in [-0.2, 0) is 0 Å². The lowest BCUT2D eigenvalue weighted by molar-refractivity contribution is 0.102. The summed E-state index contributed by atoms with van der Waals surface area (Å²) in [6.07, 6.45) is 4.33. The van der Waals surface area contributed by atoms with Crippen LogP contribution in [0, 0.1) is 0 Å². The topological polar surface area (TPSA) is 84.1 Å². The second-order valence-corrected chi connectivity index (χ2v) is 9.30. The summed E-state index contributed by atoms with van der Waals surface area (Å²) in [5.41, 5.74) is 11.7. The number of nitrogens with zero attached hydrogens (tertiary/aromatic N) is 3. The summed E-state index contributed by atoms with van der Waals surface area (Å²) in [5.74, 6) is 0.101. The fourth-order valence-electron chi connectivity index (χ4n) is 3.67. The Morgan fingerprint density at radius 2 is 2.03 bits per heavy atom. The summed E-state index contributed by atoms with van der Waals surface area (Å²) in [7, 11) is 0. The highest BCUT2D eigenvalue weighted by Crippen LogP contribution is 2.33. The number of benzene rings is 1. The lowest BCUT2D eigenvalue weighted by Gasteiger charge is -2.29. The highest BCUT2D eigenvalue weighted by molar-refractivity contribution is 7.14. The minimum absolute atomic E-state index is 0.181. The van der Waals surface area contributed by atoms with Crippen molar-refractivity contribution in [2.75, 3.05) is 16.8 Å². The second kappa shape index (κ2) is 11.6. The zero-order valence-corrected chi connectivity index (χ0v) is 21.0. The Kier molecular flexibility index (Phi) is 8.60. The first-order valence-electron chi connectivity index (χ1n) is 11.5. The third-order valence-corrected chi connectivity index (χ3v) is 6.47. The van der Waals surface area contributed by atoms with Gasteiger partial charge in [0.2, 0.25) is 0 Å². The number of allylic oxidation sites excluding steroid dienone is 2. The zero-order valence-electron chi connectivity index (χ0n) is 20.2. The van der Waals surface area contributed by atoms with E-state index in [0.717, 1.165) is 54.1 Å². The van der Waals surface area contributed by atoms with Crippen LogP contribution in [0.2, 0.25) is 0 Å². The largest absolute Gasteiger partial charge is 0.403 e. The van der Waals surface area contributed by atoms with Crippen LogP contribution in [0.1, 0.15) is 61.9 Å². The van der Waals surface area contributed by atoms with E-state index >= 15 is 0 Å². The number of carbonyl (C=O) groups is 1.